The molecule has 0 atom stereocenters. The van der Waals surface area contributed by atoms with Crippen molar-refractivity contribution in [3.8, 4) is 0 Å². The van der Waals surface area contributed by atoms with E-state index in [-0.39, 0.29) is 11.7 Å². The Bertz CT molecular complexity index is 721. The third-order valence-corrected chi connectivity index (χ3v) is 4.29. The van der Waals surface area contributed by atoms with Crippen LogP contribution in [0.1, 0.15) is 34.6 Å². The Morgan fingerprint density at radius 3 is 2.67 bits per heavy atom. The molecule has 128 valence electrons. The second kappa shape index (κ2) is 7.13. The number of halogens is 1. The van der Waals surface area contributed by atoms with Crippen molar-refractivity contribution >= 4 is 5.91 Å². The van der Waals surface area contributed by atoms with Crippen molar-refractivity contribution in [3.05, 3.63) is 53.0 Å². The van der Waals surface area contributed by atoms with E-state index in [0.29, 0.717) is 43.4 Å². The zero-order valence-electron chi connectivity index (χ0n) is 14.1. The van der Waals surface area contributed by atoms with Gasteiger partial charge in [0.2, 0.25) is 5.76 Å². The zero-order chi connectivity index (χ0) is 17.1. The first-order chi connectivity index (χ1) is 11.6. The lowest BCUT2D eigenvalue weighted by atomic mass is 10.2. The Hall–Kier alpha value is -2.21. The highest BCUT2D eigenvalue weighted by Gasteiger charge is 2.26. The highest BCUT2D eigenvalue weighted by Crippen LogP contribution is 2.16. The van der Waals surface area contributed by atoms with Crippen molar-refractivity contribution < 1.29 is 13.6 Å². The maximum Gasteiger partial charge on any atom is 0.291 e. The van der Waals surface area contributed by atoms with Crippen LogP contribution in [-0.4, -0.2) is 46.9 Å². The smallest absolute Gasteiger partial charge is 0.291 e. The summed E-state index contributed by atoms with van der Waals surface area (Å²) < 4.78 is 18.8. The molecule has 2 heterocycles. The number of carbonyl (C=O) groups excluding carboxylic acids is 1. The Morgan fingerprint density at radius 2 is 2.04 bits per heavy atom. The Balaban J connectivity index is 1.58. The van der Waals surface area contributed by atoms with Crippen molar-refractivity contribution in [2.24, 2.45) is 0 Å². The fraction of sp³-hybridized carbons (Fsp3) is 0.444. The number of rotatable bonds is 4. The number of oxazole rings is 1. The van der Waals surface area contributed by atoms with E-state index in [0.717, 1.165) is 18.7 Å². The van der Waals surface area contributed by atoms with Crippen LogP contribution < -0.4 is 0 Å². The molecule has 1 saturated heterocycles. The van der Waals surface area contributed by atoms with Crippen LogP contribution in [0.3, 0.4) is 0 Å². The standard InChI is InChI=1S/C18H22FN3O2/c1-3-16-20-13(2)17(24-16)18(23)22-9-7-21(8-10-22)12-14-5-4-6-15(19)11-14/h4-6,11H,3,7-10,12H2,1-2H3. The lowest BCUT2D eigenvalue weighted by molar-refractivity contribution is 0.0595. The Morgan fingerprint density at radius 1 is 1.29 bits per heavy atom. The van der Waals surface area contributed by atoms with Crippen LogP contribution in [-0.2, 0) is 13.0 Å². The van der Waals surface area contributed by atoms with Crippen LogP contribution in [0.25, 0.3) is 0 Å². The third kappa shape index (κ3) is 3.64. The molecule has 1 aliphatic rings. The highest BCUT2D eigenvalue weighted by atomic mass is 19.1. The van der Waals surface area contributed by atoms with Gasteiger partial charge in [0.15, 0.2) is 5.89 Å². The van der Waals surface area contributed by atoms with Crippen molar-refractivity contribution in [2.45, 2.75) is 26.8 Å². The molecule has 0 radical (unpaired) electrons. The van der Waals surface area contributed by atoms with Gasteiger partial charge in [-0.2, -0.15) is 0 Å². The van der Waals surface area contributed by atoms with Crippen LogP contribution in [0.5, 0.6) is 0 Å². The summed E-state index contributed by atoms with van der Waals surface area (Å²) in [6.45, 7) is 7.24. The minimum absolute atomic E-state index is 0.0925. The number of benzene rings is 1. The topological polar surface area (TPSA) is 49.6 Å². The zero-order valence-corrected chi connectivity index (χ0v) is 14.1. The van der Waals surface area contributed by atoms with Gasteiger partial charge in [-0.05, 0) is 24.6 Å². The number of hydrogen-bond acceptors (Lipinski definition) is 4. The van der Waals surface area contributed by atoms with E-state index < -0.39 is 0 Å². The average molecular weight is 331 g/mol. The number of carbonyl (C=O) groups is 1. The van der Waals surface area contributed by atoms with E-state index in [1.165, 1.54) is 6.07 Å². The van der Waals surface area contributed by atoms with Gasteiger partial charge in [0.1, 0.15) is 5.82 Å². The minimum Gasteiger partial charge on any atom is -0.435 e. The Labute approximate surface area is 141 Å². The summed E-state index contributed by atoms with van der Waals surface area (Å²) in [5, 5.41) is 0. The molecule has 0 spiro atoms. The van der Waals surface area contributed by atoms with Gasteiger partial charge in [-0.25, -0.2) is 9.37 Å². The van der Waals surface area contributed by atoms with E-state index in [1.807, 2.05) is 13.0 Å². The van der Waals surface area contributed by atoms with E-state index in [9.17, 15) is 9.18 Å². The van der Waals surface area contributed by atoms with Crippen LogP contribution in [0, 0.1) is 12.7 Å². The van der Waals surface area contributed by atoms with Gasteiger partial charge in [0.05, 0.1) is 5.69 Å². The maximum absolute atomic E-state index is 13.3. The third-order valence-electron chi connectivity index (χ3n) is 4.29. The molecule has 24 heavy (non-hydrogen) atoms. The van der Waals surface area contributed by atoms with Crippen molar-refractivity contribution in [1.82, 2.24) is 14.8 Å². The predicted octanol–water partition coefficient (Wildman–Crippen LogP) is 2.64. The Kier molecular flexibility index (Phi) is 4.94. The molecule has 0 unspecified atom stereocenters. The lowest BCUT2D eigenvalue weighted by Gasteiger charge is -2.34. The summed E-state index contributed by atoms with van der Waals surface area (Å²) in [7, 11) is 0. The van der Waals surface area contributed by atoms with Gasteiger partial charge in [0.25, 0.3) is 5.91 Å². The number of nitrogens with zero attached hydrogens (tertiary/aromatic N) is 3. The van der Waals surface area contributed by atoms with Gasteiger partial charge >= 0.3 is 0 Å². The molecular weight excluding hydrogens is 309 g/mol. The van der Waals surface area contributed by atoms with E-state index >= 15 is 0 Å². The van der Waals surface area contributed by atoms with Gasteiger partial charge in [-0.15, -0.1) is 0 Å². The lowest BCUT2D eigenvalue weighted by Crippen LogP contribution is -2.48. The van der Waals surface area contributed by atoms with E-state index in [4.69, 9.17) is 4.42 Å². The minimum atomic E-state index is -0.214. The number of aromatic nitrogens is 1. The molecule has 0 saturated carbocycles. The quantitative estimate of drug-likeness (QED) is 0.864. The monoisotopic (exact) mass is 331 g/mol. The first-order valence-electron chi connectivity index (χ1n) is 8.29. The van der Waals surface area contributed by atoms with Crippen LogP contribution in [0.15, 0.2) is 28.7 Å². The highest BCUT2D eigenvalue weighted by molar-refractivity contribution is 5.92. The largest absolute Gasteiger partial charge is 0.435 e. The van der Waals surface area contributed by atoms with E-state index in [2.05, 4.69) is 9.88 Å². The molecule has 0 aliphatic carbocycles. The molecule has 5 nitrogen and oxygen atoms in total. The number of amides is 1. The second-order valence-electron chi connectivity index (χ2n) is 6.07. The van der Waals surface area contributed by atoms with Crippen molar-refractivity contribution in [3.63, 3.8) is 0 Å². The SMILES string of the molecule is CCc1nc(C)c(C(=O)N2CCN(Cc3cccc(F)c3)CC2)o1. The molecule has 0 N–H and O–H groups in total. The molecule has 1 fully saturated rings. The van der Waals surface area contributed by atoms with Crippen molar-refractivity contribution in [1.29, 1.82) is 0 Å². The van der Waals surface area contributed by atoms with Crippen molar-refractivity contribution in [2.75, 3.05) is 26.2 Å². The first-order valence-corrected chi connectivity index (χ1v) is 8.29. The van der Waals surface area contributed by atoms with Gasteiger partial charge in [-0.1, -0.05) is 19.1 Å². The van der Waals surface area contributed by atoms with Crippen LogP contribution in [0.2, 0.25) is 0 Å². The fourth-order valence-corrected chi connectivity index (χ4v) is 2.95. The fourth-order valence-electron chi connectivity index (χ4n) is 2.95. The van der Waals surface area contributed by atoms with Gasteiger partial charge in [-0.3, -0.25) is 9.69 Å². The molecule has 6 heteroatoms. The summed E-state index contributed by atoms with van der Waals surface area (Å²) in [5.41, 5.74) is 1.60. The summed E-state index contributed by atoms with van der Waals surface area (Å²) in [4.78, 5) is 20.9. The molecule has 1 aliphatic heterocycles. The number of piperazine rings is 1. The summed E-state index contributed by atoms with van der Waals surface area (Å²) >= 11 is 0. The average Bonchev–Trinajstić information content (AvgIpc) is 2.96. The maximum atomic E-state index is 13.3. The molecule has 1 aromatic heterocycles. The number of hydrogen-bond donors (Lipinski definition) is 0. The molecule has 2 aromatic rings. The van der Waals surface area contributed by atoms with Crippen LogP contribution in [0.4, 0.5) is 4.39 Å². The molecular formula is C18H22FN3O2. The number of aryl methyl sites for hydroxylation is 2. The summed E-state index contributed by atoms with van der Waals surface area (Å²) in [6.07, 6.45) is 0.676. The predicted molar refractivity (Wildman–Crippen MR) is 88.2 cm³/mol. The van der Waals surface area contributed by atoms with Crippen LogP contribution >= 0.6 is 0 Å². The molecule has 3 rings (SSSR count). The van der Waals surface area contributed by atoms with Gasteiger partial charge in [0, 0.05) is 39.1 Å². The van der Waals surface area contributed by atoms with E-state index in [1.54, 1.807) is 24.0 Å². The molecule has 1 aromatic carbocycles. The first kappa shape index (κ1) is 16.6. The van der Waals surface area contributed by atoms with Gasteiger partial charge < -0.3 is 9.32 Å². The molecule has 0 bridgehead atoms. The summed E-state index contributed by atoms with van der Waals surface area (Å²) in [6, 6.07) is 6.65. The normalized spacial score (nSPS) is 15.7. The summed E-state index contributed by atoms with van der Waals surface area (Å²) in [5.74, 6) is 0.643. The molecule has 1 amide bonds. The second-order valence-corrected chi connectivity index (χ2v) is 6.07.